The predicted molar refractivity (Wildman–Crippen MR) is 504 cm³/mol. The Morgan fingerprint density at radius 1 is 0.408 bits per heavy atom. The van der Waals surface area contributed by atoms with Crippen molar-refractivity contribution in [3.63, 3.8) is 0 Å². The van der Waals surface area contributed by atoms with Gasteiger partial charge in [-0.2, -0.15) is 43.8 Å². The molecule has 6 aliphatic heterocycles. The van der Waals surface area contributed by atoms with Gasteiger partial charge in [0.1, 0.15) is 105 Å². The fraction of sp³-hybridized carbons (Fsp3) is 0.222. The van der Waals surface area contributed by atoms with Gasteiger partial charge in [-0.3, -0.25) is 43.5 Å². The van der Waals surface area contributed by atoms with E-state index in [0.717, 1.165) is 85.1 Å². The summed E-state index contributed by atoms with van der Waals surface area (Å²) in [5.74, 6) is -15.0. The number of thiazole rings is 3. The number of aliphatic carboxylic acids is 3. The smallest absolute Gasteiger partial charge is 0.543 e. The number of nitrogens with one attached hydrogen (secondary N) is 3. The number of aromatic hydroxyl groups is 6. The molecule has 3 fully saturated rings. The Morgan fingerprint density at radius 3 is 0.891 bits per heavy atom. The Balaban J connectivity index is 0.000000182. The van der Waals surface area contributed by atoms with Gasteiger partial charge in [-0.1, -0.05) is 15.5 Å². The zero-order valence-electron chi connectivity index (χ0n) is 76.2. The van der Waals surface area contributed by atoms with Crippen LogP contribution >= 0.6 is 105 Å². The molecule has 9 aromatic heterocycles. The first-order valence-electron chi connectivity index (χ1n) is 40.8. The summed E-state index contributed by atoms with van der Waals surface area (Å²) in [6, 6.07) is 7.33. The number of carboxylic acid groups (broad SMARTS) is 6. The Bertz CT molecular complexity index is 6900. The maximum Gasteiger partial charge on any atom is 1.00 e. The third-order valence-corrected chi connectivity index (χ3v) is 30.4. The first kappa shape index (κ1) is 111. The van der Waals surface area contributed by atoms with Crippen LogP contribution in [0.5, 0.6) is 34.5 Å². The quantitative estimate of drug-likeness (QED) is 0.00345. The molecule has 3 aromatic carbocycles. The average molecular weight is 2210 g/mol. The number of benzene rings is 3. The molecule has 0 unspecified atom stereocenters. The van der Waals surface area contributed by atoms with Crippen molar-refractivity contribution < 1.29 is 222 Å². The Morgan fingerprint density at radius 2 is 0.660 bits per heavy atom. The molecular weight excluding hydrogens is 2140 g/mol. The number of phenolic OH excluding ortho intramolecular Hbond substituents is 6. The molecule has 6 atom stereocenters. The fourth-order valence-corrected chi connectivity index (χ4v) is 23.8. The summed E-state index contributed by atoms with van der Waals surface area (Å²) in [5, 5.41) is 159. The topological polar surface area (TPSA) is 813 Å². The number of aromatic nitrogens is 15. The van der Waals surface area contributed by atoms with E-state index in [9.17, 15) is 119 Å². The van der Waals surface area contributed by atoms with E-state index >= 15 is 0 Å². The van der Waals surface area contributed by atoms with Gasteiger partial charge in [0.05, 0.1) is 51.7 Å². The van der Waals surface area contributed by atoms with Crippen molar-refractivity contribution in [2.75, 3.05) is 51.7 Å². The zero-order valence-corrected chi connectivity index (χ0v) is 89.5. The van der Waals surface area contributed by atoms with E-state index in [4.69, 9.17) is 31.7 Å². The number of fused-ring (bicyclic) bond motifs is 6. The molecule has 18 N–H and O–H groups in total. The number of oxime groups is 3. The van der Waals surface area contributed by atoms with Crippen molar-refractivity contribution >= 4 is 226 Å². The van der Waals surface area contributed by atoms with Crippen LogP contribution in [0, 0.1) is 20.8 Å². The van der Waals surface area contributed by atoms with Gasteiger partial charge < -0.3 is 123 Å². The molecule has 0 saturated carbocycles. The van der Waals surface area contributed by atoms with Crippen molar-refractivity contribution in [3.8, 4) is 34.5 Å². The predicted octanol–water partition coefficient (Wildman–Crippen LogP) is -9.89. The number of nitrogens with two attached hydrogens (primary N) is 3. The molecular formula is C81H66N27Na3O27S9. The molecule has 0 aliphatic carbocycles. The van der Waals surface area contributed by atoms with Gasteiger partial charge in [-0.15, -0.1) is 105 Å². The zero-order chi connectivity index (χ0) is 103. The van der Waals surface area contributed by atoms with Gasteiger partial charge in [-0.25, -0.2) is 44.3 Å². The second-order valence-corrected chi connectivity index (χ2v) is 39.5. The minimum absolute atomic E-state index is 0. The molecule has 3 saturated heterocycles. The molecule has 6 aliphatic rings. The van der Waals surface area contributed by atoms with Crippen LogP contribution in [-0.4, -0.2) is 292 Å². The molecule has 0 bridgehead atoms. The summed E-state index contributed by atoms with van der Waals surface area (Å²) >= 11 is 10.6. The summed E-state index contributed by atoms with van der Waals surface area (Å²) in [4.78, 5) is 208. The largest absolute Gasteiger partial charge is 1.00 e. The van der Waals surface area contributed by atoms with Crippen LogP contribution in [0.1, 0.15) is 81.9 Å². The number of nitrogens with zero attached hydrogens (tertiary/aromatic N) is 21. The van der Waals surface area contributed by atoms with Gasteiger partial charge in [-0.05, 0) is 92.1 Å². The van der Waals surface area contributed by atoms with Crippen LogP contribution in [-0.2, 0) is 77.5 Å². The number of hydrogen-bond acceptors (Lipinski definition) is 51. The summed E-state index contributed by atoms with van der Waals surface area (Å²) < 4.78 is 4.57. The molecule has 18 rings (SSSR count). The van der Waals surface area contributed by atoms with E-state index in [1.54, 1.807) is 39.0 Å². The third-order valence-electron chi connectivity index (χ3n) is 21.2. The molecule has 54 nitrogen and oxygen atoms in total. The maximum atomic E-state index is 13.4. The van der Waals surface area contributed by atoms with Gasteiger partial charge in [0.2, 0.25) is 0 Å². The standard InChI is InChI=1S/3C27H23N9O9S3.3Na/c3*1-10-2-17(36-27(31-10)29-9-30-36)46-6-12-7-47-23-19(22(40)35(23)20(12)25(43)44)33-21(39)18(14-8-48-26(28)32-14)34-45-5-11-3-15(37)16(38)4-13(11)24(41)42;;;/h3*2-4,8-9,19,23,37-38H,5-7H2,1H3,(H2,28,32)(H,33,39)(H,41,42)(H,43,44);;;/q;;;3*+1/p-3/b3*34-18-;;;/t3*19-,23-;;;/m111.../s1. The first-order chi connectivity index (χ1) is 68.8. The van der Waals surface area contributed by atoms with Crippen molar-refractivity contribution in [1.29, 1.82) is 0 Å². The number of aryl methyl sites for hydroxylation is 3. The molecule has 12 aromatic rings. The van der Waals surface area contributed by atoms with Gasteiger partial charge in [0.15, 0.2) is 67.0 Å². The van der Waals surface area contributed by atoms with Crippen LogP contribution in [0.3, 0.4) is 0 Å². The van der Waals surface area contributed by atoms with Crippen molar-refractivity contribution in [3.05, 3.63) is 191 Å². The number of carbonyl (C=O) groups excluding carboxylic acids is 9. The van der Waals surface area contributed by atoms with E-state index in [0.29, 0.717) is 66.2 Å². The van der Waals surface area contributed by atoms with E-state index in [1.807, 2.05) is 0 Å². The Kier molecular flexibility index (Phi) is 35.7. The molecule has 15 heterocycles. The number of β-lactam (4-membered cyclic amide) rings is 3. The maximum absolute atomic E-state index is 13.4. The second-order valence-electron chi connectivity index (χ2n) is 30.6. The molecule has 744 valence electrons. The number of phenols is 6. The van der Waals surface area contributed by atoms with Crippen LogP contribution in [0.25, 0.3) is 17.3 Å². The summed E-state index contributed by atoms with van der Waals surface area (Å²) in [6.45, 7) is 3.76. The van der Waals surface area contributed by atoms with Crippen molar-refractivity contribution in [2.24, 2.45) is 15.5 Å². The first-order valence-corrected chi connectivity index (χ1v) is 49.6. The number of carboxylic acids is 6. The van der Waals surface area contributed by atoms with Gasteiger partial charge in [0, 0.05) is 84.4 Å². The van der Waals surface area contributed by atoms with Crippen molar-refractivity contribution in [2.45, 2.75) is 89.9 Å². The minimum Gasteiger partial charge on any atom is -0.543 e. The number of amides is 6. The second kappa shape index (κ2) is 47.3. The molecule has 66 heteroatoms. The Labute approximate surface area is 925 Å². The number of thioether (sulfide) groups is 6. The van der Waals surface area contributed by atoms with Crippen LogP contribution in [0.2, 0.25) is 0 Å². The SMILES string of the molecule is Cc1cc(SCC2=C(C(=O)[O-])N3C(=O)[C@@H](NC(=O)/C(=N\OCc4cc(O)c(O)cc4C(=O)O)c4csc(N)n4)[C@H]3SC2)n2ncnc2n1.Cc1cc(SCC2=C(C(=O)[O-])N3C(=O)[C@@H](NC(=O)/C(=N\OCc4cc(O)c(O)cc4C(=O)O)c4csc(N)n4)[C@H]3SC2)n2ncnc2n1.Cc1cc(SCC2=C(C(=O)[O-])N3C(=O)[C@@H](NC(=O)/C(=N\OCc4cc(O)c(O)cc4C(=O)O)c4csc(N)n4)[C@H]3SC2)n2ncnc2n1.[Na+].[Na+].[Na+]. The summed E-state index contributed by atoms with van der Waals surface area (Å²) in [6.07, 6.45) is 4.07. The normalized spacial score (nSPS) is 17.3. The van der Waals surface area contributed by atoms with E-state index in [-0.39, 0.29) is 206 Å². The Hall–Kier alpha value is -13.2. The van der Waals surface area contributed by atoms with Crippen LogP contribution in [0.15, 0.2) is 154 Å². The monoisotopic (exact) mass is 2210 g/mol. The minimum atomic E-state index is -1.54. The number of aromatic carboxylic acids is 3. The number of nitrogen functional groups attached to an aromatic ring is 3. The molecule has 6 amide bonds. The van der Waals surface area contributed by atoms with Crippen molar-refractivity contribution in [1.82, 2.24) is 104 Å². The molecule has 0 spiro atoms. The molecule has 147 heavy (non-hydrogen) atoms. The fourth-order valence-electron chi connectivity index (χ4n) is 14.6. The number of carbonyl (C=O) groups is 12. The van der Waals surface area contributed by atoms with E-state index in [1.165, 1.54) is 119 Å². The number of rotatable bonds is 33. The van der Waals surface area contributed by atoms with E-state index < -0.39 is 177 Å². The molecule has 0 radical (unpaired) electrons. The summed E-state index contributed by atoms with van der Waals surface area (Å²) in [7, 11) is 0. The van der Waals surface area contributed by atoms with Crippen LogP contribution < -0.4 is 137 Å². The summed E-state index contributed by atoms with van der Waals surface area (Å²) in [5.41, 5.74) is 17.2. The average Bonchev–Trinajstić information content (AvgIpc) is 1.22. The third kappa shape index (κ3) is 24.0. The van der Waals surface area contributed by atoms with Crippen LogP contribution in [0.4, 0.5) is 15.4 Å². The van der Waals surface area contributed by atoms with Gasteiger partial charge in [0.25, 0.3) is 52.8 Å². The number of hydrogen-bond donors (Lipinski definition) is 15. The van der Waals surface area contributed by atoms with E-state index in [2.05, 4.69) is 91.6 Å². The number of anilines is 3. The van der Waals surface area contributed by atoms with Gasteiger partial charge >= 0.3 is 107 Å².